The van der Waals surface area contributed by atoms with Gasteiger partial charge in [0.2, 0.25) is 11.8 Å². The van der Waals surface area contributed by atoms with Crippen LogP contribution in [0.1, 0.15) is 12.0 Å². The standard InChI is InChI=1S/C17H17NO2/c19-16-14-12-6-7-13(10-12)15(14)17(20)18(16)9-8-11-4-2-1-3-5-11/h1-7,12-15H,8-10H2/t12-,13+,14-,15-/m0/s1. The average Bonchev–Trinajstić information content (AvgIpc) is 3.13. The molecule has 0 radical (unpaired) electrons. The van der Waals surface area contributed by atoms with Crippen molar-refractivity contribution < 1.29 is 9.59 Å². The molecule has 2 aliphatic carbocycles. The Morgan fingerprint density at radius 1 is 0.950 bits per heavy atom. The van der Waals surface area contributed by atoms with Gasteiger partial charge in [-0.25, -0.2) is 0 Å². The van der Waals surface area contributed by atoms with Crippen molar-refractivity contribution in [2.45, 2.75) is 12.8 Å². The molecule has 3 nitrogen and oxygen atoms in total. The summed E-state index contributed by atoms with van der Waals surface area (Å²) in [5.74, 6) is 0.619. The highest BCUT2D eigenvalue weighted by Gasteiger charge is 2.58. The summed E-state index contributed by atoms with van der Waals surface area (Å²) in [4.78, 5) is 26.5. The topological polar surface area (TPSA) is 37.4 Å². The third-order valence-electron chi connectivity index (χ3n) is 5.03. The van der Waals surface area contributed by atoms with Gasteiger partial charge in [-0.3, -0.25) is 14.5 Å². The lowest BCUT2D eigenvalue weighted by molar-refractivity contribution is -0.140. The Balaban J connectivity index is 1.51. The second-order valence-corrected chi connectivity index (χ2v) is 6.06. The van der Waals surface area contributed by atoms with E-state index in [1.807, 2.05) is 30.3 Å². The predicted octanol–water partition coefficient (Wildman–Crippen LogP) is 2.04. The molecular formula is C17H17NO2. The molecule has 1 saturated heterocycles. The van der Waals surface area contributed by atoms with Crippen molar-refractivity contribution in [3.05, 3.63) is 48.0 Å². The van der Waals surface area contributed by atoms with E-state index in [0.29, 0.717) is 18.4 Å². The maximum absolute atomic E-state index is 12.5. The number of hydrogen-bond donors (Lipinski definition) is 0. The van der Waals surface area contributed by atoms with Crippen molar-refractivity contribution in [2.24, 2.45) is 23.7 Å². The van der Waals surface area contributed by atoms with E-state index in [4.69, 9.17) is 0 Å². The van der Waals surface area contributed by atoms with Crippen molar-refractivity contribution in [1.82, 2.24) is 4.90 Å². The molecule has 1 aromatic carbocycles. The molecule has 1 aliphatic heterocycles. The summed E-state index contributed by atoms with van der Waals surface area (Å²) >= 11 is 0. The summed E-state index contributed by atoms with van der Waals surface area (Å²) in [6.45, 7) is 0.522. The summed E-state index contributed by atoms with van der Waals surface area (Å²) in [5.41, 5.74) is 1.17. The van der Waals surface area contributed by atoms with Gasteiger partial charge in [-0.05, 0) is 30.2 Å². The molecule has 2 fully saturated rings. The number of amides is 2. The van der Waals surface area contributed by atoms with Crippen LogP contribution in [0.3, 0.4) is 0 Å². The molecule has 20 heavy (non-hydrogen) atoms. The Kier molecular flexibility index (Phi) is 2.56. The molecule has 1 aromatic rings. The summed E-state index contributed by atoms with van der Waals surface area (Å²) in [6, 6.07) is 10.0. The smallest absolute Gasteiger partial charge is 0.233 e. The van der Waals surface area contributed by atoms with E-state index in [2.05, 4.69) is 12.2 Å². The van der Waals surface area contributed by atoms with E-state index >= 15 is 0 Å². The zero-order valence-electron chi connectivity index (χ0n) is 11.2. The molecular weight excluding hydrogens is 250 g/mol. The summed E-state index contributed by atoms with van der Waals surface area (Å²) in [6.07, 6.45) is 6.02. The quantitative estimate of drug-likeness (QED) is 0.621. The number of carbonyl (C=O) groups is 2. The number of benzene rings is 1. The van der Waals surface area contributed by atoms with Crippen LogP contribution < -0.4 is 0 Å². The van der Waals surface area contributed by atoms with E-state index in [-0.39, 0.29) is 23.7 Å². The molecule has 1 saturated carbocycles. The van der Waals surface area contributed by atoms with Gasteiger partial charge in [-0.15, -0.1) is 0 Å². The molecule has 0 N–H and O–H groups in total. The highest BCUT2D eigenvalue weighted by molar-refractivity contribution is 6.06. The summed E-state index contributed by atoms with van der Waals surface area (Å²) in [5, 5.41) is 0. The van der Waals surface area contributed by atoms with Crippen LogP contribution >= 0.6 is 0 Å². The lowest BCUT2D eigenvalue weighted by Gasteiger charge is -2.17. The molecule has 3 heteroatoms. The molecule has 102 valence electrons. The maximum Gasteiger partial charge on any atom is 0.233 e. The Morgan fingerprint density at radius 2 is 1.55 bits per heavy atom. The third kappa shape index (κ3) is 1.59. The molecule has 4 rings (SSSR count). The van der Waals surface area contributed by atoms with Gasteiger partial charge in [0.25, 0.3) is 0 Å². The van der Waals surface area contributed by atoms with Crippen LogP contribution in [-0.2, 0) is 16.0 Å². The second kappa shape index (κ2) is 4.30. The fraction of sp³-hybridized carbons (Fsp3) is 0.412. The summed E-state index contributed by atoms with van der Waals surface area (Å²) in [7, 11) is 0. The van der Waals surface area contributed by atoms with Gasteiger partial charge < -0.3 is 0 Å². The Hall–Kier alpha value is -1.90. The van der Waals surface area contributed by atoms with Gasteiger partial charge >= 0.3 is 0 Å². The van der Waals surface area contributed by atoms with Crippen molar-refractivity contribution >= 4 is 11.8 Å². The molecule has 2 bridgehead atoms. The molecule has 2 amide bonds. The third-order valence-corrected chi connectivity index (χ3v) is 5.03. The zero-order valence-corrected chi connectivity index (χ0v) is 11.2. The van der Waals surface area contributed by atoms with Crippen LogP contribution in [0.5, 0.6) is 0 Å². The minimum Gasteiger partial charge on any atom is -0.282 e. The van der Waals surface area contributed by atoms with E-state index in [9.17, 15) is 9.59 Å². The number of nitrogens with zero attached hydrogens (tertiary/aromatic N) is 1. The van der Waals surface area contributed by atoms with Crippen molar-refractivity contribution in [3.63, 3.8) is 0 Å². The largest absolute Gasteiger partial charge is 0.282 e. The first kappa shape index (κ1) is 11.9. The Morgan fingerprint density at radius 3 is 2.15 bits per heavy atom. The molecule has 3 aliphatic rings. The first-order valence-electron chi connectivity index (χ1n) is 7.33. The van der Waals surface area contributed by atoms with Crippen LogP contribution in [0, 0.1) is 23.7 Å². The lowest BCUT2D eigenvalue weighted by atomic mass is 9.85. The van der Waals surface area contributed by atoms with Crippen molar-refractivity contribution in [1.29, 1.82) is 0 Å². The van der Waals surface area contributed by atoms with E-state index in [0.717, 1.165) is 12.8 Å². The average molecular weight is 267 g/mol. The van der Waals surface area contributed by atoms with Crippen LogP contribution in [0.4, 0.5) is 0 Å². The number of hydrogen-bond acceptors (Lipinski definition) is 2. The highest BCUT2D eigenvalue weighted by atomic mass is 16.2. The summed E-state index contributed by atoms with van der Waals surface area (Å²) < 4.78 is 0. The lowest BCUT2D eigenvalue weighted by Crippen LogP contribution is -2.34. The zero-order chi connectivity index (χ0) is 13.7. The normalized spacial score (nSPS) is 34.1. The van der Waals surface area contributed by atoms with Crippen molar-refractivity contribution in [3.8, 4) is 0 Å². The minimum atomic E-state index is -0.0618. The predicted molar refractivity (Wildman–Crippen MR) is 74.6 cm³/mol. The molecule has 0 aromatic heterocycles. The monoisotopic (exact) mass is 267 g/mol. The van der Waals surface area contributed by atoms with Crippen LogP contribution in [0.25, 0.3) is 0 Å². The number of likely N-dealkylation sites (tertiary alicyclic amines) is 1. The van der Waals surface area contributed by atoms with Crippen LogP contribution in [-0.4, -0.2) is 23.3 Å². The first-order chi connectivity index (χ1) is 9.75. The molecule has 0 spiro atoms. The second-order valence-electron chi connectivity index (χ2n) is 6.06. The molecule has 1 heterocycles. The first-order valence-corrected chi connectivity index (χ1v) is 7.33. The maximum atomic E-state index is 12.5. The number of imide groups is 1. The number of fused-ring (bicyclic) bond motifs is 5. The minimum absolute atomic E-state index is 0.0618. The van der Waals surface area contributed by atoms with E-state index < -0.39 is 0 Å². The van der Waals surface area contributed by atoms with Gasteiger partial charge in [-0.2, -0.15) is 0 Å². The number of rotatable bonds is 3. The number of allylic oxidation sites excluding steroid dienone is 2. The van der Waals surface area contributed by atoms with Crippen LogP contribution in [0.15, 0.2) is 42.5 Å². The molecule has 4 atom stereocenters. The van der Waals surface area contributed by atoms with E-state index in [1.54, 1.807) is 0 Å². The van der Waals surface area contributed by atoms with Crippen molar-refractivity contribution in [2.75, 3.05) is 6.54 Å². The van der Waals surface area contributed by atoms with Gasteiger partial charge in [-0.1, -0.05) is 42.5 Å². The Labute approximate surface area is 118 Å². The highest BCUT2D eigenvalue weighted by Crippen LogP contribution is 2.52. The molecule has 0 unspecified atom stereocenters. The fourth-order valence-corrected chi connectivity index (χ4v) is 4.07. The van der Waals surface area contributed by atoms with Gasteiger partial charge in [0.05, 0.1) is 11.8 Å². The number of carbonyl (C=O) groups excluding carboxylic acids is 2. The Bertz CT molecular complexity index is 562. The van der Waals surface area contributed by atoms with Gasteiger partial charge in [0, 0.05) is 6.54 Å². The SMILES string of the molecule is O=C1[C@@H]2[C@@H](C(=O)N1CCc1ccccc1)[C@H]1C=C[C@@H]2C1. The van der Waals surface area contributed by atoms with Gasteiger partial charge in [0.15, 0.2) is 0 Å². The van der Waals surface area contributed by atoms with Gasteiger partial charge in [0.1, 0.15) is 0 Å². The fourth-order valence-electron chi connectivity index (χ4n) is 4.07. The van der Waals surface area contributed by atoms with Crippen LogP contribution in [0.2, 0.25) is 0 Å². The van der Waals surface area contributed by atoms with E-state index in [1.165, 1.54) is 10.5 Å².